The van der Waals surface area contributed by atoms with Crippen molar-refractivity contribution in [1.82, 2.24) is 5.32 Å². The first-order valence-corrected chi connectivity index (χ1v) is 8.21. The van der Waals surface area contributed by atoms with E-state index in [-0.39, 0.29) is 18.2 Å². The average Bonchev–Trinajstić information content (AvgIpc) is 2.69. The van der Waals surface area contributed by atoms with Gasteiger partial charge in [0.15, 0.2) is 6.10 Å². The van der Waals surface area contributed by atoms with Gasteiger partial charge in [-0.2, -0.15) is 0 Å². The van der Waals surface area contributed by atoms with Gasteiger partial charge in [0.1, 0.15) is 6.61 Å². The van der Waals surface area contributed by atoms with Crippen LogP contribution >= 0.6 is 0 Å². The fourth-order valence-corrected chi connectivity index (χ4v) is 2.50. The highest BCUT2D eigenvalue weighted by atomic mass is 16.6. The number of nitrogens with zero attached hydrogens (tertiary/aromatic N) is 2. The molecule has 142 valence electrons. The quantitative estimate of drug-likeness (QED) is 0.436. The van der Waals surface area contributed by atoms with Gasteiger partial charge in [0.25, 0.3) is 11.6 Å². The molecule has 27 heavy (non-hydrogen) atoms. The lowest BCUT2D eigenvalue weighted by atomic mass is 10.0. The van der Waals surface area contributed by atoms with Crippen molar-refractivity contribution in [1.29, 1.82) is 0 Å². The fourth-order valence-electron chi connectivity index (χ4n) is 2.50. The zero-order chi connectivity index (χ0) is 19.8. The topological polar surface area (TPSA) is 103 Å². The second kappa shape index (κ2) is 9.44. The van der Waals surface area contributed by atoms with Crippen molar-refractivity contribution >= 4 is 17.3 Å². The average molecular weight is 371 g/mol. The van der Waals surface area contributed by atoms with Crippen LogP contribution in [-0.4, -0.2) is 30.7 Å². The Kier molecular flexibility index (Phi) is 7.01. The number of carbonyl (C=O) groups is 1. The number of nitrogens with one attached hydrogen (secondary N) is 1. The zero-order valence-corrected chi connectivity index (χ0v) is 15.3. The summed E-state index contributed by atoms with van der Waals surface area (Å²) in [6, 6.07) is 13.3. The van der Waals surface area contributed by atoms with Crippen molar-refractivity contribution in [2.45, 2.75) is 19.6 Å². The highest BCUT2D eigenvalue weighted by Crippen LogP contribution is 2.22. The predicted octanol–water partition coefficient (Wildman–Crippen LogP) is 2.97. The second-order valence-electron chi connectivity index (χ2n) is 5.68. The molecule has 2 aromatic carbocycles. The van der Waals surface area contributed by atoms with Gasteiger partial charge < -0.3 is 14.9 Å². The van der Waals surface area contributed by atoms with E-state index >= 15 is 0 Å². The number of rotatable bonds is 8. The molecule has 0 saturated carbocycles. The number of hydrogen-bond acceptors (Lipinski definition) is 6. The third kappa shape index (κ3) is 5.11. The predicted molar refractivity (Wildman–Crippen MR) is 100 cm³/mol. The van der Waals surface area contributed by atoms with E-state index in [1.165, 1.54) is 19.2 Å². The fraction of sp³-hybridized carbons (Fsp3) is 0.263. The molecule has 0 heterocycles. The van der Waals surface area contributed by atoms with E-state index in [1.54, 1.807) is 32.2 Å². The Hall–Kier alpha value is -3.26. The number of methoxy groups -OCH3 is 1. The number of oxime groups is 1. The molecular weight excluding hydrogens is 350 g/mol. The van der Waals surface area contributed by atoms with Gasteiger partial charge in [0.2, 0.25) is 0 Å². The summed E-state index contributed by atoms with van der Waals surface area (Å²) >= 11 is 0. The Bertz CT molecular complexity index is 833. The minimum atomic E-state index is -0.741. The van der Waals surface area contributed by atoms with Crippen LogP contribution in [0.4, 0.5) is 5.69 Å². The molecule has 8 heteroatoms. The number of likely N-dealkylation sites (N-methyl/N-ethyl adjacent to an activating group) is 1. The standard InChI is InChI=1S/C19H21N3O5/c1-13(14-8-10-16(11-9-14)22(24)25)21-27-12-15-6-4-5-7-17(15)18(26-3)19(23)20-2/h4-11,18H,12H2,1-3H3,(H,20,23)/b21-13+. The van der Waals surface area contributed by atoms with Crippen molar-refractivity contribution in [3.05, 3.63) is 75.3 Å². The van der Waals surface area contributed by atoms with E-state index in [2.05, 4.69) is 10.5 Å². The molecule has 1 unspecified atom stereocenters. The second-order valence-corrected chi connectivity index (χ2v) is 5.68. The van der Waals surface area contributed by atoms with Crippen LogP contribution in [0.15, 0.2) is 53.7 Å². The molecule has 1 atom stereocenters. The molecule has 0 aliphatic heterocycles. The summed E-state index contributed by atoms with van der Waals surface area (Å²) in [6.07, 6.45) is -0.741. The third-order valence-corrected chi connectivity index (χ3v) is 3.98. The number of carbonyl (C=O) groups excluding carboxylic acids is 1. The van der Waals surface area contributed by atoms with Crippen LogP contribution in [-0.2, 0) is 21.0 Å². The summed E-state index contributed by atoms with van der Waals surface area (Å²) in [5, 5.41) is 17.3. The normalized spacial score (nSPS) is 12.3. The molecule has 0 aliphatic carbocycles. The van der Waals surface area contributed by atoms with Gasteiger partial charge in [-0.15, -0.1) is 0 Å². The van der Waals surface area contributed by atoms with E-state index in [1.807, 2.05) is 18.2 Å². The first kappa shape index (κ1) is 20.1. The van der Waals surface area contributed by atoms with E-state index in [9.17, 15) is 14.9 Å². The maximum absolute atomic E-state index is 12.0. The minimum Gasteiger partial charge on any atom is -0.391 e. The molecule has 0 aliphatic rings. The first-order chi connectivity index (χ1) is 13.0. The van der Waals surface area contributed by atoms with Crippen LogP contribution in [0.2, 0.25) is 0 Å². The van der Waals surface area contributed by atoms with Crippen molar-refractivity contribution in [2.24, 2.45) is 5.16 Å². The Labute approximate surface area is 156 Å². The molecule has 8 nitrogen and oxygen atoms in total. The highest BCUT2D eigenvalue weighted by Gasteiger charge is 2.21. The molecule has 0 saturated heterocycles. The Balaban J connectivity index is 2.11. The van der Waals surface area contributed by atoms with Crippen LogP contribution in [0, 0.1) is 10.1 Å². The number of ether oxygens (including phenoxy) is 1. The smallest absolute Gasteiger partial charge is 0.269 e. The van der Waals surface area contributed by atoms with Crippen LogP contribution in [0.1, 0.15) is 29.7 Å². The van der Waals surface area contributed by atoms with Crippen molar-refractivity contribution in [2.75, 3.05) is 14.2 Å². The van der Waals surface area contributed by atoms with E-state index in [4.69, 9.17) is 9.57 Å². The molecule has 2 aromatic rings. The number of nitro groups is 1. The molecule has 0 fully saturated rings. The summed E-state index contributed by atoms with van der Waals surface area (Å²) in [5.74, 6) is -0.254. The number of nitro benzene ring substituents is 1. The first-order valence-electron chi connectivity index (χ1n) is 8.21. The summed E-state index contributed by atoms with van der Waals surface area (Å²) in [5.41, 5.74) is 2.78. The lowest BCUT2D eigenvalue weighted by Gasteiger charge is -2.17. The molecular formula is C19H21N3O5. The van der Waals surface area contributed by atoms with Crippen molar-refractivity contribution < 1.29 is 19.3 Å². The van der Waals surface area contributed by atoms with Gasteiger partial charge in [0.05, 0.1) is 10.6 Å². The van der Waals surface area contributed by atoms with E-state index in [0.29, 0.717) is 16.8 Å². The summed E-state index contributed by atoms with van der Waals surface area (Å²) in [6.45, 7) is 1.90. The summed E-state index contributed by atoms with van der Waals surface area (Å²) in [4.78, 5) is 27.7. The number of amides is 1. The minimum absolute atomic E-state index is 0.0150. The summed E-state index contributed by atoms with van der Waals surface area (Å²) in [7, 11) is 3.01. The lowest BCUT2D eigenvalue weighted by molar-refractivity contribution is -0.384. The largest absolute Gasteiger partial charge is 0.391 e. The van der Waals surface area contributed by atoms with Gasteiger partial charge in [-0.3, -0.25) is 14.9 Å². The van der Waals surface area contributed by atoms with Gasteiger partial charge in [-0.25, -0.2) is 0 Å². The molecule has 0 radical (unpaired) electrons. The molecule has 1 amide bonds. The molecule has 0 spiro atoms. The van der Waals surface area contributed by atoms with Gasteiger partial charge in [0, 0.05) is 26.3 Å². The monoisotopic (exact) mass is 371 g/mol. The van der Waals surface area contributed by atoms with E-state index in [0.717, 1.165) is 5.56 Å². The molecule has 0 bridgehead atoms. The SMILES string of the molecule is CNC(=O)C(OC)c1ccccc1CO/N=C(\C)c1ccc([N+](=O)[O-])cc1. The van der Waals surface area contributed by atoms with Crippen LogP contribution in [0.5, 0.6) is 0 Å². The van der Waals surface area contributed by atoms with Gasteiger partial charge in [-0.05, 0) is 35.7 Å². The van der Waals surface area contributed by atoms with Gasteiger partial charge >= 0.3 is 0 Å². The Morgan fingerprint density at radius 3 is 2.48 bits per heavy atom. The zero-order valence-electron chi connectivity index (χ0n) is 15.3. The third-order valence-electron chi connectivity index (χ3n) is 3.98. The van der Waals surface area contributed by atoms with Crippen LogP contribution in [0.25, 0.3) is 0 Å². The van der Waals surface area contributed by atoms with Crippen molar-refractivity contribution in [3.8, 4) is 0 Å². The number of hydrogen-bond donors (Lipinski definition) is 1. The van der Waals surface area contributed by atoms with Gasteiger partial charge in [-0.1, -0.05) is 29.4 Å². The molecule has 2 rings (SSSR count). The van der Waals surface area contributed by atoms with Crippen LogP contribution in [0.3, 0.4) is 0 Å². The number of non-ortho nitro benzene ring substituents is 1. The Morgan fingerprint density at radius 1 is 1.22 bits per heavy atom. The lowest BCUT2D eigenvalue weighted by Crippen LogP contribution is -2.27. The number of benzene rings is 2. The summed E-state index contributed by atoms with van der Waals surface area (Å²) < 4.78 is 5.30. The van der Waals surface area contributed by atoms with E-state index < -0.39 is 11.0 Å². The molecule has 0 aromatic heterocycles. The maximum atomic E-state index is 12.0. The Morgan fingerprint density at radius 2 is 1.89 bits per heavy atom. The molecule has 1 N–H and O–H groups in total. The maximum Gasteiger partial charge on any atom is 0.269 e. The van der Waals surface area contributed by atoms with Crippen LogP contribution < -0.4 is 5.32 Å². The highest BCUT2D eigenvalue weighted by molar-refractivity contribution is 5.98. The van der Waals surface area contributed by atoms with Crippen molar-refractivity contribution in [3.63, 3.8) is 0 Å².